The van der Waals surface area contributed by atoms with Crippen LogP contribution in [0.2, 0.25) is 0 Å². The summed E-state index contributed by atoms with van der Waals surface area (Å²) in [6.45, 7) is 2.75. The number of nitrogens with one attached hydrogen (secondary N) is 2. The van der Waals surface area contributed by atoms with Crippen LogP contribution in [0.1, 0.15) is 26.7 Å². The number of carbonyl (C=O) groups excluding carboxylic acids is 2. The van der Waals surface area contributed by atoms with E-state index in [1.165, 1.54) is 13.8 Å². The number of hydrogen-bond acceptors (Lipinski definition) is 2. The van der Waals surface area contributed by atoms with Crippen LogP contribution in [0.25, 0.3) is 0 Å². The van der Waals surface area contributed by atoms with Crippen molar-refractivity contribution in [3.05, 3.63) is 29.6 Å². The first-order valence-electron chi connectivity index (χ1n) is 6.49. The lowest BCUT2D eigenvalue weighted by Crippen LogP contribution is -2.46. The molecule has 1 aliphatic carbocycles. The van der Waals surface area contributed by atoms with E-state index in [1.54, 1.807) is 0 Å². The van der Waals surface area contributed by atoms with Gasteiger partial charge in [-0.1, -0.05) is 0 Å². The molecule has 7 heteroatoms. The van der Waals surface area contributed by atoms with Crippen LogP contribution in [0, 0.1) is 22.9 Å². The Morgan fingerprint density at radius 3 is 2.29 bits per heavy atom. The summed E-state index contributed by atoms with van der Waals surface area (Å²) in [5.74, 6) is -5.82. The predicted octanol–water partition coefficient (Wildman–Crippen LogP) is 2.35. The number of benzene rings is 1. The Hall–Kier alpha value is -2.05. The van der Waals surface area contributed by atoms with Crippen molar-refractivity contribution in [3.8, 4) is 0 Å². The zero-order valence-electron chi connectivity index (χ0n) is 11.6. The molecule has 2 amide bonds. The molecule has 0 aromatic heterocycles. The molecule has 0 heterocycles. The fraction of sp³-hybridized carbons (Fsp3) is 0.429. The van der Waals surface area contributed by atoms with Gasteiger partial charge in [0.1, 0.15) is 5.41 Å². The average Bonchev–Trinajstić information content (AvgIpc) is 3.23. The van der Waals surface area contributed by atoms with Gasteiger partial charge in [0.15, 0.2) is 17.5 Å². The van der Waals surface area contributed by atoms with E-state index in [2.05, 4.69) is 10.6 Å². The highest BCUT2D eigenvalue weighted by Gasteiger charge is 2.39. The topological polar surface area (TPSA) is 58.2 Å². The molecule has 0 spiro atoms. The third kappa shape index (κ3) is 3.17. The van der Waals surface area contributed by atoms with Crippen LogP contribution >= 0.6 is 0 Å². The summed E-state index contributed by atoms with van der Waals surface area (Å²) in [7, 11) is 0. The molecule has 0 atom stereocenters. The van der Waals surface area contributed by atoms with Gasteiger partial charge in [0.2, 0.25) is 11.8 Å². The van der Waals surface area contributed by atoms with Crippen molar-refractivity contribution in [2.45, 2.75) is 32.7 Å². The lowest BCUT2D eigenvalue weighted by atomic mass is 9.91. The predicted molar refractivity (Wildman–Crippen MR) is 69.9 cm³/mol. The molecule has 1 fully saturated rings. The second-order valence-electron chi connectivity index (χ2n) is 5.55. The largest absolute Gasteiger partial charge is 0.352 e. The van der Waals surface area contributed by atoms with E-state index in [0.717, 1.165) is 18.9 Å². The molecule has 0 aliphatic heterocycles. The third-order valence-corrected chi connectivity index (χ3v) is 3.33. The fourth-order valence-electron chi connectivity index (χ4n) is 1.60. The fourth-order valence-corrected chi connectivity index (χ4v) is 1.60. The summed E-state index contributed by atoms with van der Waals surface area (Å²) < 4.78 is 39.4. The molecule has 1 saturated carbocycles. The summed E-state index contributed by atoms with van der Waals surface area (Å²) >= 11 is 0. The minimum absolute atomic E-state index is 0.0737. The van der Waals surface area contributed by atoms with Crippen molar-refractivity contribution >= 4 is 17.5 Å². The molecule has 0 radical (unpaired) electrons. The van der Waals surface area contributed by atoms with Gasteiger partial charge in [0, 0.05) is 6.04 Å². The SMILES string of the molecule is CC(C)(C(=O)Nc1ccc(F)c(F)c1F)C(=O)NC1CC1. The zero-order valence-corrected chi connectivity index (χ0v) is 11.6. The van der Waals surface area contributed by atoms with Crippen LogP contribution in [0.15, 0.2) is 12.1 Å². The van der Waals surface area contributed by atoms with E-state index in [0.29, 0.717) is 6.07 Å². The van der Waals surface area contributed by atoms with Crippen LogP contribution < -0.4 is 10.6 Å². The Labute approximate surface area is 119 Å². The van der Waals surface area contributed by atoms with Gasteiger partial charge in [-0.3, -0.25) is 9.59 Å². The average molecular weight is 300 g/mol. The quantitative estimate of drug-likeness (QED) is 0.662. The molecule has 2 N–H and O–H groups in total. The van der Waals surface area contributed by atoms with Crippen molar-refractivity contribution in [1.29, 1.82) is 0 Å². The Morgan fingerprint density at radius 2 is 1.71 bits per heavy atom. The minimum Gasteiger partial charge on any atom is -0.352 e. The number of anilines is 1. The molecule has 1 aromatic rings. The Balaban J connectivity index is 2.13. The van der Waals surface area contributed by atoms with E-state index in [1.807, 2.05) is 0 Å². The van der Waals surface area contributed by atoms with Crippen LogP contribution in [-0.2, 0) is 9.59 Å². The Morgan fingerprint density at radius 1 is 1.10 bits per heavy atom. The maximum Gasteiger partial charge on any atom is 0.239 e. The number of rotatable bonds is 4. The maximum absolute atomic E-state index is 13.5. The number of hydrogen-bond donors (Lipinski definition) is 2. The molecule has 1 aromatic carbocycles. The zero-order chi connectivity index (χ0) is 15.8. The maximum atomic E-state index is 13.5. The highest BCUT2D eigenvalue weighted by molar-refractivity contribution is 6.10. The highest BCUT2D eigenvalue weighted by Crippen LogP contribution is 2.25. The number of halogens is 3. The molecular weight excluding hydrogens is 285 g/mol. The van der Waals surface area contributed by atoms with Crippen molar-refractivity contribution in [2.75, 3.05) is 5.32 Å². The second kappa shape index (κ2) is 5.38. The van der Waals surface area contributed by atoms with Gasteiger partial charge >= 0.3 is 0 Å². The summed E-state index contributed by atoms with van der Waals surface area (Å²) in [6.07, 6.45) is 1.72. The summed E-state index contributed by atoms with van der Waals surface area (Å²) in [5, 5.41) is 4.78. The monoisotopic (exact) mass is 300 g/mol. The first-order valence-corrected chi connectivity index (χ1v) is 6.49. The van der Waals surface area contributed by atoms with Gasteiger partial charge in [-0.15, -0.1) is 0 Å². The Kier molecular flexibility index (Phi) is 3.93. The van der Waals surface area contributed by atoms with Gasteiger partial charge < -0.3 is 10.6 Å². The molecule has 4 nitrogen and oxygen atoms in total. The highest BCUT2D eigenvalue weighted by atomic mass is 19.2. The van der Waals surface area contributed by atoms with Crippen molar-refractivity contribution < 1.29 is 22.8 Å². The van der Waals surface area contributed by atoms with Crippen LogP contribution in [0.5, 0.6) is 0 Å². The lowest BCUT2D eigenvalue weighted by molar-refractivity contribution is -0.138. The molecular formula is C14H15F3N2O2. The van der Waals surface area contributed by atoms with Crippen molar-refractivity contribution in [2.24, 2.45) is 5.41 Å². The van der Waals surface area contributed by atoms with E-state index >= 15 is 0 Å². The molecule has 0 bridgehead atoms. The molecule has 2 rings (SSSR count). The third-order valence-electron chi connectivity index (χ3n) is 3.33. The smallest absolute Gasteiger partial charge is 0.239 e. The normalized spacial score (nSPS) is 14.7. The minimum atomic E-state index is -1.67. The van der Waals surface area contributed by atoms with E-state index in [9.17, 15) is 22.8 Å². The summed E-state index contributed by atoms with van der Waals surface area (Å²) in [6, 6.07) is 1.68. The van der Waals surface area contributed by atoms with Gasteiger partial charge in [0.05, 0.1) is 5.69 Å². The van der Waals surface area contributed by atoms with E-state index < -0.39 is 40.4 Å². The molecule has 0 saturated heterocycles. The van der Waals surface area contributed by atoms with Crippen LogP contribution in [0.4, 0.5) is 18.9 Å². The lowest BCUT2D eigenvalue weighted by Gasteiger charge is -2.22. The van der Waals surface area contributed by atoms with Crippen LogP contribution in [0.3, 0.4) is 0 Å². The summed E-state index contributed by atoms with van der Waals surface area (Å²) in [4.78, 5) is 24.0. The van der Waals surface area contributed by atoms with Gasteiger partial charge in [0.25, 0.3) is 0 Å². The summed E-state index contributed by atoms with van der Waals surface area (Å²) in [5.41, 5.74) is -1.97. The first-order chi connectivity index (χ1) is 9.73. The molecule has 114 valence electrons. The standard InChI is InChI=1S/C14H15F3N2O2/c1-14(2,12(20)18-7-3-4-7)13(21)19-9-6-5-8(15)10(16)11(9)17/h5-7H,3-4H2,1-2H3,(H,18,20)(H,19,21). The van der Waals surface area contributed by atoms with E-state index in [4.69, 9.17) is 0 Å². The molecule has 21 heavy (non-hydrogen) atoms. The van der Waals surface area contributed by atoms with Crippen LogP contribution in [-0.4, -0.2) is 17.9 Å². The first kappa shape index (κ1) is 15.3. The number of amides is 2. The van der Waals surface area contributed by atoms with Gasteiger partial charge in [-0.05, 0) is 38.8 Å². The van der Waals surface area contributed by atoms with Gasteiger partial charge in [-0.2, -0.15) is 0 Å². The van der Waals surface area contributed by atoms with Crippen molar-refractivity contribution in [1.82, 2.24) is 5.32 Å². The van der Waals surface area contributed by atoms with Gasteiger partial charge in [-0.25, -0.2) is 13.2 Å². The Bertz CT molecular complexity index is 598. The number of carbonyl (C=O) groups is 2. The van der Waals surface area contributed by atoms with Crippen molar-refractivity contribution in [3.63, 3.8) is 0 Å². The molecule has 1 aliphatic rings. The van der Waals surface area contributed by atoms with E-state index in [-0.39, 0.29) is 6.04 Å². The molecule has 0 unspecified atom stereocenters. The second-order valence-corrected chi connectivity index (χ2v) is 5.55.